The molecular weight excluding hydrogens is 380 g/mol. The maximum atomic E-state index is 12.7. The standard InChI is InChI=1S/C23H26N4OS/c1-5-15-27-21(19-9-7-6-8-10-19)25-26-23(27)29-17(4)22(28)24-20-13-11-18(12-14-20)16(2)3/h5-14,16-17H,1,15H2,2-4H3,(H,24,28)/t17-/m1/s1. The number of aromatic nitrogens is 3. The first-order valence-electron chi connectivity index (χ1n) is 9.66. The Kier molecular flexibility index (Phi) is 6.88. The van der Waals surface area contributed by atoms with Crippen LogP contribution in [0.25, 0.3) is 11.4 Å². The zero-order valence-electron chi connectivity index (χ0n) is 17.0. The highest BCUT2D eigenvalue weighted by Crippen LogP contribution is 2.27. The second-order valence-corrected chi connectivity index (χ2v) is 8.41. The van der Waals surface area contributed by atoms with Gasteiger partial charge in [0.25, 0.3) is 0 Å². The van der Waals surface area contributed by atoms with Crippen LogP contribution >= 0.6 is 11.8 Å². The molecular formula is C23H26N4OS. The van der Waals surface area contributed by atoms with Crippen LogP contribution in [0.5, 0.6) is 0 Å². The first kappa shape index (κ1) is 20.9. The smallest absolute Gasteiger partial charge is 0.237 e. The number of thioether (sulfide) groups is 1. The predicted molar refractivity (Wildman–Crippen MR) is 120 cm³/mol. The summed E-state index contributed by atoms with van der Waals surface area (Å²) in [6, 6.07) is 17.9. The molecule has 2 aromatic carbocycles. The Labute approximate surface area is 176 Å². The van der Waals surface area contributed by atoms with Gasteiger partial charge in [-0.25, -0.2) is 0 Å². The van der Waals surface area contributed by atoms with Crippen molar-refractivity contribution in [2.24, 2.45) is 0 Å². The molecule has 0 aliphatic carbocycles. The summed E-state index contributed by atoms with van der Waals surface area (Å²) in [4.78, 5) is 12.7. The van der Waals surface area contributed by atoms with Crippen molar-refractivity contribution in [1.29, 1.82) is 0 Å². The van der Waals surface area contributed by atoms with E-state index in [1.807, 2.05) is 66.1 Å². The van der Waals surface area contributed by atoms with Gasteiger partial charge in [-0.15, -0.1) is 16.8 Å². The monoisotopic (exact) mass is 406 g/mol. The lowest BCUT2D eigenvalue weighted by molar-refractivity contribution is -0.115. The molecule has 0 saturated carbocycles. The lowest BCUT2D eigenvalue weighted by Crippen LogP contribution is -2.23. The molecule has 1 heterocycles. The van der Waals surface area contributed by atoms with E-state index in [4.69, 9.17) is 0 Å². The first-order valence-corrected chi connectivity index (χ1v) is 10.5. The summed E-state index contributed by atoms with van der Waals surface area (Å²) in [5.41, 5.74) is 3.02. The summed E-state index contributed by atoms with van der Waals surface area (Å²) in [6.45, 7) is 10.6. The molecule has 3 rings (SSSR count). The number of carbonyl (C=O) groups is 1. The Hall–Kier alpha value is -2.86. The number of carbonyl (C=O) groups excluding carboxylic acids is 1. The third-order valence-electron chi connectivity index (χ3n) is 4.56. The summed E-state index contributed by atoms with van der Waals surface area (Å²) in [7, 11) is 0. The van der Waals surface area contributed by atoms with Crippen LogP contribution in [0, 0.1) is 0 Å². The molecule has 1 atom stereocenters. The van der Waals surface area contributed by atoms with Gasteiger partial charge in [0.05, 0.1) is 5.25 Å². The topological polar surface area (TPSA) is 59.8 Å². The fraction of sp³-hybridized carbons (Fsp3) is 0.261. The Balaban J connectivity index is 1.72. The molecule has 0 aliphatic rings. The number of amides is 1. The van der Waals surface area contributed by atoms with Crippen LogP contribution in [0.15, 0.2) is 72.4 Å². The molecule has 29 heavy (non-hydrogen) atoms. The predicted octanol–water partition coefficient (Wildman–Crippen LogP) is 5.37. The normalized spacial score (nSPS) is 12.0. The van der Waals surface area contributed by atoms with Crippen LogP contribution in [0.3, 0.4) is 0 Å². The van der Waals surface area contributed by atoms with E-state index in [1.54, 1.807) is 6.08 Å². The van der Waals surface area contributed by atoms with Gasteiger partial charge in [0.15, 0.2) is 11.0 Å². The van der Waals surface area contributed by atoms with Crippen molar-refractivity contribution in [3.05, 3.63) is 72.8 Å². The highest BCUT2D eigenvalue weighted by atomic mass is 32.2. The molecule has 0 aliphatic heterocycles. The number of hydrogen-bond acceptors (Lipinski definition) is 4. The third-order valence-corrected chi connectivity index (χ3v) is 5.64. The summed E-state index contributed by atoms with van der Waals surface area (Å²) in [6.07, 6.45) is 1.81. The largest absolute Gasteiger partial charge is 0.325 e. The maximum Gasteiger partial charge on any atom is 0.237 e. The summed E-state index contributed by atoms with van der Waals surface area (Å²) >= 11 is 1.39. The van der Waals surface area contributed by atoms with E-state index in [-0.39, 0.29) is 11.2 Å². The van der Waals surface area contributed by atoms with E-state index in [2.05, 4.69) is 35.9 Å². The van der Waals surface area contributed by atoms with Gasteiger partial charge in [-0.05, 0) is 30.5 Å². The average Bonchev–Trinajstić information content (AvgIpc) is 3.11. The van der Waals surface area contributed by atoms with E-state index in [9.17, 15) is 4.79 Å². The molecule has 6 heteroatoms. The zero-order chi connectivity index (χ0) is 20.8. The van der Waals surface area contributed by atoms with Crippen LogP contribution in [0.2, 0.25) is 0 Å². The Morgan fingerprint density at radius 2 is 1.79 bits per heavy atom. The van der Waals surface area contributed by atoms with Gasteiger partial charge in [0.1, 0.15) is 0 Å². The fourth-order valence-corrected chi connectivity index (χ4v) is 3.74. The lowest BCUT2D eigenvalue weighted by atomic mass is 10.0. The fourth-order valence-electron chi connectivity index (χ4n) is 2.88. The molecule has 0 fully saturated rings. The van der Waals surface area contributed by atoms with Gasteiger partial charge in [-0.2, -0.15) is 0 Å². The molecule has 5 nitrogen and oxygen atoms in total. The SMILES string of the molecule is C=CCn1c(S[C@H](C)C(=O)Nc2ccc(C(C)C)cc2)nnc1-c1ccccc1. The van der Waals surface area contributed by atoms with Crippen molar-refractivity contribution in [2.75, 3.05) is 5.32 Å². The molecule has 1 amide bonds. The van der Waals surface area contributed by atoms with E-state index in [1.165, 1.54) is 17.3 Å². The molecule has 3 aromatic rings. The second-order valence-electron chi connectivity index (χ2n) is 7.10. The van der Waals surface area contributed by atoms with Gasteiger partial charge in [-0.3, -0.25) is 9.36 Å². The molecule has 0 bridgehead atoms. The lowest BCUT2D eigenvalue weighted by Gasteiger charge is -2.13. The zero-order valence-corrected chi connectivity index (χ0v) is 17.8. The number of hydrogen-bond donors (Lipinski definition) is 1. The average molecular weight is 407 g/mol. The quantitative estimate of drug-likeness (QED) is 0.403. The van der Waals surface area contributed by atoms with E-state index in [0.29, 0.717) is 17.6 Å². The minimum atomic E-state index is -0.323. The van der Waals surface area contributed by atoms with Crippen molar-refractivity contribution in [1.82, 2.24) is 14.8 Å². The highest BCUT2D eigenvalue weighted by Gasteiger charge is 2.20. The minimum absolute atomic E-state index is 0.0679. The van der Waals surface area contributed by atoms with Gasteiger partial charge >= 0.3 is 0 Å². The molecule has 1 aromatic heterocycles. The summed E-state index contributed by atoms with van der Waals surface area (Å²) < 4.78 is 1.98. The van der Waals surface area contributed by atoms with Crippen molar-refractivity contribution < 1.29 is 4.79 Å². The number of anilines is 1. The second kappa shape index (κ2) is 9.56. The van der Waals surface area contributed by atoms with Crippen molar-refractivity contribution in [3.63, 3.8) is 0 Å². The minimum Gasteiger partial charge on any atom is -0.325 e. The van der Waals surface area contributed by atoms with Crippen molar-refractivity contribution in [3.8, 4) is 11.4 Å². The Morgan fingerprint density at radius 3 is 2.41 bits per heavy atom. The molecule has 150 valence electrons. The van der Waals surface area contributed by atoms with E-state index < -0.39 is 0 Å². The Bertz CT molecular complexity index is 964. The number of benzene rings is 2. The number of rotatable bonds is 8. The van der Waals surface area contributed by atoms with Gasteiger partial charge < -0.3 is 5.32 Å². The van der Waals surface area contributed by atoms with Gasteiger partial charge in [0, 0.05) is 17.8 Å². The van der Waals surface area contributed by atoms with Crippen LogP contribution in [0.4, 0.5) is 5.69 Å². The molecule has 1 N–H and O–H groups in total. The number of allylic oxidation sites excluding steroid dienone is 1. The highest BCUT2D eigenvalue weighted by molar-refractivity contribution is 8.00. The summed E-state index contributed by atoms with van der Waals surface area (Å²) in [5, 5.41) is 12.0. The van der Waals surface area contributed by atoms with Crippen LogP contribution < -0.4 is 5.32 Å². The summed E-state index contributed by atoms with van der Waals surface area (Å²) in [5.74, 6) is 1.16. The van der Waals surface area contributed by atoms with Crippen LogP contribution in [-0.2, 0) is 11.3 Å². The molecule has 0 unspecified atom stereocenters. The number of nitrogens with zero attached hydrogens (tertiary/aromatic N) is 3. The van der Waals surface area contributed by atoms with Crippen molar-refractivity contribution in [2.45, 2.75) is 43.6 Å². The van der Waals surface area contributed by atoms with Crippen LogP contribution in [-0.4, -0.2) is 25.9 Å². The van der Waals surface area contributed by atoms with Gasteiger partial charge in [-0.1, -0.05) is 74.1 Å². The van der Waals surface area contributed by atoms with Crippen LogP contribution in [0.1, 0.15) is 32.3 Å². The molecule has 0 spiro atoms. The number of nitrogens with one attached hydrogen (secondary N) is 1. The third kappa shape index (κ3) is 5.15. The van der Waals surface area contributed by atoms with E-state index in [0.717, 1.165) is 17.1 Å². The molecule has 0 saturated heterocycles. The maximum absolute atomic E-state index is 12.7. The van der Waals surface area contributed by atoms with E-state index >= 15 is 0 Å². The molecule has 0 radical (unpaired) electrons. The van der Waals surface area contributed by atoms with Crippen molar-refractivity contribution >= 4 is 23.4 Å². The Morgan fingerprint density at radius 1 is 1.10 bits per heavy atom. The first-order chi connectivity index (χ1) is 14.0. The van der Waals surface area contributed by atoms with Gasteiger partial charge in [0.2, 0.25) is 5.91 Å².